The van der Waals surface area contributed by atoms with Crippen LogP contribution in [0.15, 0.2) is 24.3 Å². The molecule has 2 saturated heterocycles. The van der Waals surface area contributed by atoms with E-state index in [2.05, 4.69) is 20.9 Å². The van der Waals surface area contributed by atoms with Crippen LogP contribution in [0.5, 0.6) is 5.75 Å². The van der Waals surface area contributed by atoms with Gasteiger partial charge in [-0.05, 0) is 55.4 Å². The number of rotatable bonds is 11. The molecular weight excluding hydrogens is 638 g/mol. The summed E-state index contributed by atoms with van der Waals surface area (Å²) in [4.78, 5) is 59.0. The Labute approximate surface area is 296 Å². The Kier molecular flexibility index (Phi) is 11.3. The first-order chi connectivity index (χ1) is 23.9. The third-order valence-electron chi connectivity index (χ3n) is 11.6. The molecule has 2 saturated carbocycles. The topological polar surface area (TPSA) is 150 Å². The summed E-state index contributed by atoms with van der Waals surface area (Å²) in [7, 11) is 0. The Balaban J connectivity index is 1.25. The number of para-hydroxylation sites is 1. The Bertz CT molecular complexity index is 1390. The zero-order chi connectivity index (χ0) is 35.6. The van der Waals surface area contributed by atoms with Crippen molar-refractivity contribution in [2.75, 3.05) is 32.8 Å². The number of benzene rings is 1. The lowest BCUT2D eigenvalue weighted by Gasteiger charge is -2.45. The highest BCUT2D eigenvalue weighted by Crippen LogP contribution is 2.36. The second-order valence-electron chi connectivity index (χ2n) is 16.5. The number of fused-ring (bicyclic) bond motifs is 2. The number of ether oxygens (including phenoxy) is 2. The van der Waals surface area contributed by atoms with Crippen LogP contribution in [-0.2, 0) is 19.1 Å². The molecule has 0 spiro atoms. The van der Waals surface area contributed by atoms with Gasteiger partial charge in [-0.25, -0.2) is 4.79 Å². The van der Waals surface area contributed by atoms with Gasteiger partial charge in [0.1, 0.15) is 17.8 Å². The standard InChI is InChI=1S/C38H57N5O7/c1-23(33(38(2,3)4)41-37(47)48)34(44)40-32(25-10-6-5-7-11-25)36(46)43-19-26-18-27(50-22-24-14-15-24)20-42(26)21-30(43)35(45)39-29-16-17-49-31-13-9-8-12-28(29)31/h8-9,12-13,23-27,29-30,32-33,41H,5-7,10-11,14-22H2,1-4H3,(H,39,45)(H,40,44)(H,47,48)/t23-,26+,27+,29+,30-,32-,33?/m0/s1. The molecule has 0 radical (unpaired) electrons. The van der Waals surface area contributed by atoms with Gasteiger partial charge in [0.25, 0.3) is 0 Å². The van der Waals surface area contributed by atoms with E-state index >= 15 is 0 Å². The van der Waals surface area contributed by atoms with Crippen molar-refractivity contribution in [1.82, 2.24) is 25.8 Å². The first kappa shape index (κ1) is 36.4. The van der Waals surface area contributed by atoms with Crippen LogP contribution in [-0.4, -0.2) is 102 Å². The van der Waals surface area contributed by atoms with Gasteiger partial charge in [0.15, 0.2) is 0 Å². The van der Waals surface area contributed by atoms with E-state index in [-0.39, 0.29) is 41.8 Å². The predicted molar refractivity (Wildman–Crippen MR) is 187 cm³/mol. The zero-order valence-corrected chi connectivity index (χ0v) is 30.2. The van der Waals surface area contributed by atoms with Crippen LogP contribution in [0, 0.1) is 23.2 Å². The maximum absolute atomic E-state index is 15.0. The number of amides is 4. The molecule has 12 heteroatoms. The van der Waals surface area contributed by atoms with E-state index in [1.165, 1.54) is 12.8 Å². The third-order valence-corrected chi connectivity index (χ3v) is 11.6. The van der Waals surface area contributed by atoms with Crippen LogP contribution >= 0.6 is 0 Å². The Morgan fingerprint density at radius 2 is 1.72 bits per heavy atom. The van der Waals surface area contributed by atoms with Crippen LogP contribution in [0.1, 0.15) is 97.1 Å². The van der Waals surface area contributed by atoms with Gasteiger partial charge in [0, 0.05) is 50.3 Å². The number of carbonyl (C=O) groups excluding carboxylic acids is 3. The molecule has 2 aliphatic carbocycles. The van der Waals surface area contributed by atoms with Crippen molar-refractivity contribution in [2.24, 2.45) is 23.2 Å². The smallest absolute Gasteiger partial charge is 0.404 e. The first-order valence-corrected chi connectivity index (χ1v) is 18.9. The summed E-state index contributed by atoms with van der Waals surface area (Å²) in [6, 6.07) is 5.34. The van der Waals surface area contributed by atoms with E-state index in [0.29, 0.717) is 32.0 Å². The highest BCUT2D eigenvalue weighted by molar-refractivity contribution is 5.93. The average Bonchev–Trinajstić information content (AvgIpc) is 3.84. The Hall–Kier alpha value is -3.38. The fourth-order valence-corrected chi connectivity index (χ4v) is 8.62. The molecule has 4 amide bonds. The third kappa shape index (κ3) is 8.55. The maximum atomic E-state index is 15.0. The molecule has 1 aromatic rings. The number of piperazine rings is 1. The van der Waals surface area contributed by atoms with Crippen molar-refractivity contribution in [3.05, 3.63) is 29.8 Å². The molecule has 4 N–H and O–H groups in total. The summed E-state index contributed by atoms with van der Waals surface area (Å²) < 4.78 is 12.2. The van der Waals surface area contributed by atoms with Crippen LogP contribution in [0.4, 0.5) is 4.79 Å². The molecule has 12 nitrogen and oxygen atoms in total. The quantitative estimate of drug-likeness (QED) is 0.271. The van der Waals surface area contributed by atoms with E-state index in [1.54, 1.807) is 11.8 Å². The van der Waals surface area contributed by atoms with Crippen LogP contribution in [0.2, 0.25) is 0 Å². The van der Waals surface area contributed by atoms with Gasteiger partial charge in [-0.15, -0.1) is 0 Å². The lowest BCUT2D eigenvalue weighted by Crippen LogP contribution is -2.66. The lowest BCUT2D eigenvalue weighted by molar-refractivity contribution is -0.150. The van der Waals surface area contributed by atoms with Gasteiger partial charge in [-0.3, -0.25) is 19.3 Å². The van der Waals surface area contributed by atoms with Crippen molar-refractivity contribution in [2.45, 2.75) is 122 Å². The van der Waals surface area contributed by atoms with Crippen molar-refractivity contribution in [1.29, 1.82) is 0 Å². The minimum absolute atomic E-state index is 0.0580. The normalized spacial score (nSPS) is 27.6. The molecule has 3 heterocycles. The van der Waals surface area contributed by atoms with Crippen molar-refractivity contribution in [3.63, 3.8) is 0 Å². The number of nitrogens with one attached hydrogen (secondary N) is 3. The second kappa shape index (κ2) is 15.5. The lowest BCUT2D eigenvalue weighted by atomic mass is 9.78. The molecule has 5 aliphatic rings. The Morgan fingerprint density at radius 1 is 0.980 bits per heavy atom. The predicted octanol–water partition coefficient (Wildman–Crippen LogP) is 4.09. The summed E-state index contributed by atoms with van der Waals surface area (Å²) in [5.74, 6) is -0.195. The monoisotopic (exact) mass is 695 g/mol. The number of hydrogen-bond donors (Lipinski definition) is 4. The average molecular weight is 696 g/mol. The van der Waals surface area contributed by atoms with E-state index < -0.39 is 35.6 Å². The molecule has 276 valence electrons. The van der Waals surface area contributed by atoms with E-state index in [1.807, 2.05) is 45.0 Å². The van der Waals surface area contributed by atoms with Crippen molar-refractivity contribution < 1.29 is 33.8 Å². The molecule has 1 aromatic carbocycles. The summed E-state index contributed by atoms with van der Waals surface area (Å²) in [6.45, 7) is 10.2. The number of carbonyl (C=O) groups is 4. The molecular formula is C38H57N5O7. The zero-order valence-electron chi connectivity index (χ0n) is 30.2. The molecule has 0 aromatic heterocycles. The van der Waals surface area contributed by atoms with Crippen LogP contribution in [0.3, 0.4) is 0 Å². The van der Waals surface area contributed by atoms with Crippen molar-refractivity contribution in [3.8, 4) is 5.75 Å². The van der Waals surface area contributed by atoms with E-state index in [9.17, 15) is 24.3 Å². The molecule has 1 unspecified atom stereocenters. The minimum Gasteiger partial charge on any atom is -0.493 e. The van der Waals surface area contributed by atoms with Gasteiger partial charge in [-0.2, -0.15) is 0 Å². The fourth-order valence-electron chi connectivity index (χ4n) is 8.62. The van der Waals surface area contributed by atoms with Gasteiger partial charge in [0.2, 0.25) is 17.7 Å². The molecule has 6 rings (SSSR count). The number of nitrogens with zero attached hydrogens (tertiary/aromatic N) is 2. The van der Waals surface area contributed by atoms with Gasteiger partial charge < -0.3 is 35.4 Å². The first-order valence-electron chi connectivity index (χ1n) is 18.9. The number of carboxylic acid groups (broad SMARTS) is 1. The highest BCUT2D eigenvalue weighted by atomic mass is 16.5. The van der Waals surface area contributed by atoms with E-state index in [0.717, 1.165) is 63.0 Å². The summed E-state index contributed by atoms with van der Waals surface area (Å²) in [5, 5.41) is 18.5. The van der Waals surface area contributed by atoms with Gasteiger partial charge in [0.05, 0.1) is 24.7 Å². The summed E-state index contributed by atoms with van der Waals surface area (Å²) >= 11 is 0. The second-order valence-corrected chi connectivity index (χ2v) is 16.5. The minimum atomic E-state index is -1.20. The molecule has 4 fully saturated rings. The number of hydrogen-bond acceptors (Lipinski definition) is 7. The maximum Gasteiger partial charge on any atom is 0.404 e. The van der Waals surface area contributed by atoms with Crippen molar-refractivity contribution >= 4 is 23.8 Å². The molecule has 0 bridgehead atoms. The molecule has 50 heavy (non-hydrogen) atoms. The van der Waals surface area contributed by atoms with E-state index in [4.69, 9.17) is 9.47 Å². The van der Waals surface area contributed by atoms with Gasteiger partial charge >= 0.3 is 6.09 Å². The van der Waals surface area contributed by atoms with Crippen LogP contribution < -0.4 is 20.7 Å². The van der Waals surface area contributed by atoms with Gasteiger partial charge in [-0.1, -0.05) is 65.2 Å². The highest BCUT2D eigenvalue weighted by Gasteiger charge is 2.48. The SMILES string of the molecule is C[C@H](C(=O)N[C@H](C(=O)N1C[C@H]2C[C@@H](OCC3CC3)CN2C[C@H]1C(=O)N[C@@H]1CCOc2ccccc21)C1CCCCC1)C(NC(=O)O)C(C)(C)C. The summed E-state index contributed by atoms with van der Waals surface area (Å²) in [6.07, 6.45) is 7.35. The fraction of sp³-hybridized carbons (Fsp3) is 0.737. The largest absolute Gasteiger partial charge is 0.493 e. The molecule has 3 aliphatic heterocycles. The van der Waals surface area contributed by atoms with Crippen LogP contribution in [0.25, 0.3) is 0 Å². The molecule has 7 atom stereocenters. The Morgan fingerprint density at radius 3 is 2.42 bits per heavy atom. The summed E-state index contributed by atoms with van der Waals surface area (Å²) in [5.41, 5.74) is 0.389.